The Kier molecular flexibility index (Phi) is 13.4. The topological polar surface area (TPSA) is 154 Å². The summed E-state index contributed by atoms with van der Waals surface area (Å²) >= 11 is 3.28. The first-order chi connectivity index (χ1) is 21.8. The molecule has 4 atom stereocenters. The molecule has 0 fully saturated rings. The van der Waals surface area contributed by atoms with E-state index in [4.69, 9.17) is 9.47 Å². The number of phenols is 1. The second-order valence-electron chi connectivity index (χ2n) is 11.4. The summed E-state index contributed by atoms with van der Waals surface area (Å²) in [7, 11) is 2.80. The molecule has 1 heterocycles. The van der Waals surface area contributed by atoms with Crippen LogP contribution in [0.1, 0.15) is 57.6 Å². The average molecular weight is 701 g/mol. The van der Waals surface area contributed by atoms with E-state index < -0.39 is 48.0 Å². The Labute approximate surface area is 277 Å². The lowest BCUT2D eigenvalue weighted by molar-refractivity contribution is -0.146. The summed E-state index contributed by atoms with van der Waals surface area (Å²) < 4.78 is 11.8. The number of methoxy groups -OCH3 is 1. The van der Waals surface area contributed by atoms with Gasteiger partial charge in [-0.2, -0.15) is 0 Å². The second kappa shape index (κ2) is 17.0. The van der Waals surface area contributed by atoms with E-state index in [1.807, 2.05) is 13.0 Å². The van der Waals surface area contributed by atoms with Crippen LogP contribution in [0.2, 0.25) is 0 Å². The lowest BCUT2D eigenvalue weighted by atomic mass is 10.0. The number of aliphatic hydroxyl groups excluding tert-OH is 1. The highest BCUT2D eigenvalue weighted by atomic mass is 79.9. The summed E-state index contributed by atoms with van der Waals surface area (Å²) in [6, 6.07) is 11.2. The third-order valence-electron chi connectivity index (χ3n) is 7.64. The lowest BCUT2D eigenvalue weighted by Crippen LogP contribution is -2.54. The minimum Gasteiger partial charge on any atom is -0.507 e. The molecule has 12 heteroatoms. The van der Waals surface area contributed by atoms with Crippen molar-refractivity contribution in [1.82, 2.24) is 15.5 Å². The first kappa shape index (κ1) is 36.3. The van der Waals surface area contributed by atoms with E-state index in [9.17, 15) is 29.4 Å². The van der Waals surface area contributed by atoms with E-state index in [0.717, 1.165) is 5.57 Å². The number of nitrogens with zero attached hydrogens (tertiary/aromatic N) is 1. The number of hydrogen-bond acceptors (Lipinski definition) is 8. The van der Waals surface area contributed by atoms with Crippen molar-refractivity contribution in [3.8, 4) is 5.75 Å². The molecule has 2 aromatic carbocycles. The summed E-state index contributed by atoms with van der Waals surface area (Å²) in [5.74, 6) is -2.56. The Hall–Kier alpha value is -4.16. The minimum absolute atomic E-state index is 0.00302. The summed E-state index contributed by atoms with van der Waals surface area (Å²) in [6.45, 7) is 5.11. The van der Waals surface area contributed by atoms with Crippen LogP contribution in [0.25, 0.3) is 5.76 Å². The highest BCUT2D eigenvalue weighted by Gasteiger charge is 2.34. The van der Waals surface area contributed by atoms with Gasteiger partial charge in [-0.25, -0.2) is 4.79 Å². The van der Waals surface area contributed by atoms with Gasteiger partial charge in [0.1, 0.15) is 17.8 Å². The number of halogens is 1. The summed E-state index contributed by atoms with van der Waals surface area (Å²) in [5, 5.41) is 25.7. The van der Waals surface area contributed by atoms with E-state index in [0.29, 0.717) is 28.4 Å². The number of hydrogen-bond donors (Lipinski definition) is 4. The molecule has 3 rings (SSSR count). The highest BCUT2D eigenvalue weighted by molar-refractivity contribution is 9.10. The summed E-state index contributed by atoms with van der Waals surface area (Å²) in [5.41, 5.74) is 1.82. The molecule has 0 aliphatic carbocycles. The number of allylic oxidation sites excluding steroid dienone is 1. The predicted octanol–water partition coefficient (Wildman–Crippen LogP) is 3.97. The van der Waals surface area contributed by atoms with Gasteiger partial charge < -0.3 is 35.2 Å². The van der Waals surface area contributed by atoms with Crippen molar-refractivity contribution in [2.75, 3.05) is 14.2 Å². The number of nitrogens with one attached hydrogen (secondary N) is 2. The van der Waals surface area contributed by atoms with Gasteiger partial charge in [0, 0.05) is 19.0 Å². The molecule has 1 aliphatic heterocycles. The number of esters is 1. The Balaban J connectivity index is 2.10. The number of carbonyl (C=O) groups is 4. The molecule has 4 N–H and O–H groups in total. The lowest BCUT2D eigenvalue weighted by Gasteiger charge is -2.30. The van der Waals surface area contributed by atoms with Crippen LogP contribution < -0.4 is 10.6 Å². The molecular formula is C34H42BrN3O8. The van der Waals surface area contributed by atoms with Gasteiger partial charge in [0.25, 0.3) is 0 Å². The molecule has 248 valence electrons. The van der Waals surface area contributed by atoms with Crippen LogP contribution in [0.5, 0.6) is 5.75 Å². The first-order valence-corrected chi connectivity index (χ1v) is 15.8. The van der Waals surface area contributed by atoms with E-state index in [-0.39, 0.29) is 36.5 Å². The molecule has 0 spiro atoms. The molecule has 46 heavy (non-hydrogen) atoms. The van der Waals surface area contributed by atoms with Crippen LogP contribution in [0.3, 0.4) is 0 Å². The molecule has 3 amide bonds. The van der Waals surface area contributed by atoms with Gasteiger partial charge >= 0.3 is 5.97 Å². The number of rotatable bonds is 4. The van der Waals surface area contributed by atoms with Crippen LogP contribution in [0, 0.1) is 0 Å². The van der Waals surface area contributed by atoms with Crippen LogP contribution in [-0.4, -0.2) is 77.3 Å². The number of phenolic OH excluding ortho intramolecular Hbond substituents is 1. The third-order valence-corrected chi connectivity index (χ3v) is 8.27. The van der Waals surface area contributed by atoms with Gasteiger partial charge in [0.05, 0.1) is 30.2 Å². The van der Waals surface area contributed by atoms with E-state index in [1.165, 1.54) is 32.0 Å². The standard InChI is InChI=1S/C34H42BrN3O8/c1-20-11-13-21(2)46-34(44)30(31(45-5)24-9-7-6-8-10-24)37-32(42)27(18-23-14-16-28(40)26(35)17-23)38(4)33(43)22(3)36-29(41)19-25(39)15-12-20/h6-10,12,14,16-17,21-22,25,27,39-40H,11,13,15,18-19H2,1-5H3,(H,36,41)(H,37,42). The fourth-order valence-electron chi connectivity index (χ4n) is 4.96. The molecular weight excluding hydrogens is 658 g/mol. The van der Waals surface area contributed by atoms with Crippen molar-refractivity contribution in [2.24, 2.45) is 0 Å². The molecule has 0 aromatic heterocycles. The minimum atomic E-state index is -1.18. The molecule has 0 saturated carbocycles. The van der Waals surface area contributed by atoms with Gasteiger partial charge in [-0.05, 0) is 73.7 Å². The number of benzene rings is 2. The third kappa shape index (κ3) is 10.2. The number of ether oxygens (including phenoxy) is 2. The Morgan fingerprint density at radius 3 is 2.46 bits per heavy atom. The number of aromatic hydroxyl groups is 1. The van der Waals surface area contributed by atoms with E-state index in [2.05, 4.69) is 26.6 Å². The zero-order valence-electron chi connectivity index (χ0n) is 26.7. The van der Waals surface area contributed by atoms with E-state index >= 15 is 0 Å². The normalized spacial score (nSPS) is 24.0. The maximum atomic E-state index is 14.1. The number of likely N-dealkylation sites (N-methyl/N-ethyl adjacent to an activating group) is 1. The maximum Gasteiger partial charge on any atom is 0.359 e. The zero-order valence-corrected chi connectivity index (χ0v) is 28.3. The van der Waals surface area contributed by atoms with Crippen LogP contribution in [0.4, 0.5) is 0 Å². The van der Waals surface area contributed by atoms with Crippen LogP contribution in [-0.2, 0) is 35.1 Å². The maximum absolute atomic E-state index is 14.1. The van der Waals surface area contributed by atoms with Crippen molar-refractivity contribution < 1.29 is 38.9 Å². The van der Waals surface area contributed by atoms with Crippen LogP contribution >= 0.6 is 15.9 Å². The molecule has 0 saturated heterocycles. The number of amides is 3. The fraction of sp³-hybridized carbons (Fsp3) is 0.412. The van der Waals surface area contributed by atoms with Gasteiger partial charge in [0.2, 0.25) is 17.7 Å². The number of aliphatic hydroxyl groups is 1. The molecule has 1 aliphatic rings. The zero-order chi connectivity index (χ0) is 34.0. The molecule has 0 radical (unpaired) electrons. The quantitative estimate of drug-likeness (QED) is 0.162. The van der Waals surface area contributed by atoms with E-state index in [1.54, 1.807) is 49.4 Å². The second-order valence-corrected chi connectivity index (χ2v) is 12.3. The average Bonchev–Trinajstić information content (AvgIpc) is 3.02. The Morgan fingerprint density at radius 1 is 1.11 bits per heavy atom. The van der Waals surface area contributed by atoms with Gasteiger partial charge in [-0.3, -0.25) is 14.4 Å². The summed E-state index contributed by atoms with van der Waals surface area (Å²) in [4.78, 5) is 55.3. The monoisotopic (exact) mass is 699 g/mol. The molecule has 4 unspecified atom stereocenters. The smallest absolute Gasteiger partial charge is 0.359 e. The highest BCUT2D eigenvalue weighted by Crippen LogP contribution is 2.26. The van der Waals surface area contributed by atoms with Crippen molar-refractivity contribution in [3.05, 3.63) is 81.5 Å². The van der Waals surface area contributed by atoms with Gasteiger partial charge in [-0.1, -0.05) is 48.0 Å². The number of carbonyl (C=O) groups excluding carboxylic acids is 4. The number of cyclic esters (lactones) is 1. The largest absolute Gasteiger partial charge is 0.507 e. The Bertz CT molecular complexity index is 1480. The van der Waals surface area contributed by atoms with Crippen LogP contribution in [0.15, 0.2) is 70.3 Å². The van der Waals surface area contributed by atoms with Crippen molar-refractivity contribution in [1.29, 1.82) is 0 Å². The fourth-order valence-corrected chi connectivity index (χ4v) is 5.38. The Morgan fingerprint density at radius 2 is 1.80 bits per heavy atom. The van der Waals surface area contributed by atoms with Crippen molar-refractivity contribution >= 4 is 45.4 Å². The van der Waals surface area contributed by atoms with Crippen molar-refractivity contribution in [3.63, 3.8) is 0 Å². The van der Waals surface area contributed by atoms with Crippen molar-refractivity contribution in [2.45, 2.75) is 77.2 Å². The predicted molar refractivity (Wildman–Crippen MR) is 176 cm³/mol. The first-order valence-electron chi connectivity index (χ1n) is 15.0. The van der Waals surface area contributed by atoms with Gasteiger partial charge in [0.15, 0.2) is 11.5 Å². The molecule has 0 bridgehead atoms. The molecule has 11 nitrogen and oxygen atoms in total. The summed E-state index contributed by atoms with van der Waals surface area (Å²) in [6.07, 6.45) is 1.36. The molecule has 2 aromatic rings. The van der Waals surface area contributed by atoms with Gasteiger partial charge in [-0.15, -0.1) is 0 Å². The SMILES string of the molecule is COC(=C1NC(=O)C(Cc2ccc(O)c(Br)c2)N(C)C(=O)C(C)NC(=O)CC(O)CC=C(C)CCC(C)OC1=O)c1ccccc1.